The summed E-state index contributed by atoms with van der Waals surface area (Å²) in [6.45, 7) is 3.53. The van der Waals surface area contributed by atoms with E-state index in [1.165, 1.54) is 0 Å². The lowest BCUT2D eigenvalue weighted by molar-refractivity contribution is 0.0903. The van der Waals surface area contributed by atoms with Crippen molar-refractivity contribution < 1.29 is 9.53 Å². The van der Waals surface area contributed by atoms with Gasteiger partial charge >= 0.3 is 0 Å². The third-order valence-electron chi connectivity index (χ3n) is 5.39. The predicted octanol–water partition coefficient (Wildman–Crippen LogP) is 3.30. The Balaban J connectivity index is 1.49. The molecule has 1 aliphatic rings. The summed E-state index contributed by atoms with van der Waals surface area (Å²) in [6, 6.07) is 4.88. The summed E-state index contributed by atoms with van der Waals surface area (Å²) in [5.74, 6) is 0.805. The highest BCUT2D eigenvalue weighted by molar-refractivity contribution is 6.34. The van der Waals surface area contributed by atoms with E-state index in [9.17, 15) is 4.79 Å². The number of hydrogen-bond donors (Lipinski definition) is 3. The lowest BCUT2D eigenvalue weighted by atomic mass is 10.1. The summed E-state index contributed by atoms with van der Waals surface area (Å²) in [7, 11) is 0. The van der Waals surface area contributed by atoms with Crippen molar-refractivity contribution in [3.63, 3.8) is 0 Å². The van der Waals surface area contributed by atoms with Gasteiger partial charge in [0.2, 0.25) is 5.95 Å². The topological polar surface area (TPSA) is 120 Å². The molecule has 0 radical (unpaired) electrons. The molecular formula is C22H25Cl2N7O2. The van der Waals surface area contributed by atoms with Crippen molar-refractivity contribution >= 4 is 35.1 Å². The lowest BCUT2D eigenvalue weighted by Crippen LogP contribution is -2.33. The molecule has 0 saturated carbocycles. The van der Waals surface area contributed by atoms with Gasteiger partial charge in [-0.05, 0) is 43.5 Å². The number of nitrogens with zero attached hydrogens (tertiary/aromatic N) is 4. The standard InChI is InChI=1S/C22H25Cl2N7O2/c1-13-10-26-22(28-17-2-4-33-5-3-17)30-20(13)31-11-19(27-12-31)21(32)29-18(9-25)14-6-15(23)8-16(24)7-14/h6-8,10-12,17-18H,2-5,9,25H2,1H3,(H,29,32)(H,26,28,30). The normalized spacial score (nSPS) is 15.3. The molecule has 0 bridgehead atoms. The molecule has 3 aromatic rings. The number of halogens is 2. The first-order chi connectivity index (χ1) is 15.9. The molecule has 4 rings (SSSR count). The van der Waals surface area contributed by atoms with E-state index < -0.39 is 6.04 Å². The first-order valence-electron chi connectivity index (χ1n) is 10.6. The molecule has 1 fully saturated rings. The van der Waals surface area contributed by atoms with Gasteiger partial charge in [-0.1, -0.05) is 23.2 Å². The number of benzene rings is 1. The summed E-state index contributed by atoms with van der Waals surface area (Å²) >= 11 is 12.2. The van der Waals surface area contributed by atoms with E-state index in [1.807, 2.05) is 6.92 Å². The number of nitrogens with one attached hydrogen (secondary N) is 2. The van der Waals surface area contributed by atoms with Crippen LogP contribution in [0.2, 0.25) is 10.0 Å². The molecule has 11 heteroatoms. The van der Waals surface area contributed by atoms with Crippen LogP contribution in [0.25, 0.3) is 5.82 Å². The van der Waals surface area contributed by atoms with Crippen molar-refractivity contribution in [3.05, 3.63) is 63.8 Å². The van der Waals surface area contributed by atoms with E-state index in [0.29, 0.717) is 21.8 Å². The van der Waals surface area contributed by atoms with Crippen molar-refractivity contribution in [2.24, 2.45) is 5.73 Å². The number of ether oxygens (including phenoxy) is 1. The number of nitrogens with two attached hydrogens (primary N) is 1. The molecule has 1 unspecified atom stereocenters. The second kappa shape index (κ2) is 10.5. The first kappa shape index (κ1) is 23.4. The van der Waals surface area contributed by atoms with E-state index in [-0.39, 0.29) is 24.2 Å². The highest BCUT2D eigenvalue weighted by Gasteiger charge is 2.19. The molecule has 0 aliphatic carbocycles. The van der Waals surface area contributed by atoms with Crippen molar-refractivity contribution in [2.75, 3.05) is 25.1 Å². The molecule has 33 heavy (non-hydrogen) atoms. The van der Waals surface area contributed by atoms with Gasteiger partial charge in [0.1, 0.15) is 17.8 Å². The minimum Gasteiger partial charge on any atom is -0.381 e. The van der Waals surface area contributed by atoms with E-state index in [0.717, 1.165) is 37.2 Å². The van der Waals surface area contributed by atoms with Crippen LogP contribution in [0.3, 0.4) is 0 Å². The molecule has 3 heterocycles. The van der Waals surface area contributed by atoms with Crippen LogP contribution in [0, 0.1) is 6.92 Å². The zero-order valence-electron chi connectivity index (χ0n) is 18.1. The van der Waals surface area contributed by atoms with Crippen molar-refractivity contribution in [1.29, 1.82) is 0 Å². The molecule has 1 amide bonds. The first-order valence-corrected chi connectivity index (χ1v) is 11.4. The Hall–Kier alpha value is -2.72. The third-order valence-corrected chi connectivity index (χ3v) is 5.82. The van der Waals surface area contributed by atoms with Crippen LogP contribution >= 0.6 is 23.2 Å². The molecule has 1 saturated heterocycles. The number of hydrogen-bond acceptors (Lipinski definition) is 7. The van der Waals surface area contributed by atoms with Crippen LogP contribution in [0.4, 0.5) is 5.95 Å². The van der Waals surface area contributed by atoms with Crippen LogP contribution in [0.1, 0.15) is 40.5 Å². The van der Waals surface area contributed by atoms with Crippen molar-refractivity contribution in [3.8, 4) is 5.82 Å². The van der Waals surface area contributed by atoms with E-state index >= 15 is 0 Å². The van der Waals surface area contributed by atoms with Crippen LogP contribution in [-0.2, 0) is 4.74 Å². The van der Waals surface area contributed by atoms with Gasteiger partial charge < -0.3 is 21.1 Å². The Bertz CT molecular complexity index is 1110. The summed E-state index contributed by atoms with van der Waals surface area (Å²) < 4.78 is 7.10. The summed E-state index contributed by atoms with van der Waals surface area (Å²) in [6.07, 6.45) is 6.74. The van der Waals surface area contributed by atoms with E-state index in [1.54, 1.807) is 41.5 Å². The van der Waals surface area contributed by atoms with Gasteiger partial charge in [0.15, 0.2) is 0 Å². The number of aryl methyl sites for hydroxylation is 1. The highest BCUT2D eigenvalue weighted by atomic mass is 35.5. The molecular weight excluding hydrogens is 465 g/mol. The fourth-order valence-electron chi connectivity index (χ4n) is 3.63. The average molecular weight is 490 g/mol. The fourth-order valence-corrected chi connectivity index (χ4v) is 4.17. The molecule has 9 nitrogen and oxygen atoms in total. The molecule has 0 spiro atoms. The molecule has 2 aromatic heterocycles. The number of aromatic nitrogens is 4. The van der Waals surface area contributed by atoms with Gasteiger partial charge in [-0.3, -0.25) is 9.36 Å². The van der Waals surface area contributed by atoms with E-state index in [2.05, 4.69) is 25.6 Å². The molecule has 174 valence electrons. The van der Waals surface area contributed by atoms with Gasteiger partial charge in [-0.25, -0.2) is 9.97 Å². The highest BCUT2D eigenvalue weighted by Crippen LogP contribution is 2.23. The summed E-state index contributed by atoms with van der Waals surface area (Å²) in [5, 5.41) is 7.19. The summed E-state index contributed by atoms with van der Waals surface area (Å²) in [4.78, 5) is 26.1. The SMILES string of the molecule is Cc1cnc(NC2CCOCC2)nc1-n1cnc(C(=O)NC(CN)c2cc(Cl)cc(Cl)c2)c1. The number of carbonyl (C=O) groups excluding carboxylic acids is 1. The Labute approximate surface area is 201 Å². The van der Waals surface area contributed by atoms with Crippen LogP contribution in [0.5, 0.6) is 0 Å². The van der Waals surface area contributed by atoms with Gasteiger partial charge in [0.25, 0.3) is 5.91 Å². The zero-order valence-corrected chi connectivity index (χ0v) is 19.6. The quantitative estimate of drug-likeness (QED) is 0.465. The Morgan fingerprint density at radius 2 is 1.97 bits per heavy atom. The zero-order chi connectivity index (χ0) is 23.4. The second-order valence-corrected chi connectivity index (χ2v) is 8.73. The Morgan fingerprint density at radius 1 is 1.24 bits per heavy atom. The number of rotatable bonds is 7. The number of anilines is 1. The smallest absolute Gasteiger partial charge is 0.272 e. The number of carbonyl (C=O) groups is 1. The third kappa shape index (κ3) is 5.80. The maximum absolute atomic E-state index is 12.9. The van der Waals surface area contributed by atoms with Crippen LogP contribution in [0.15, 0.2) is 36.9 Å². The van der Waals surface area contributed by atoms with Gasteiger partial charge in [0.05, 0.1) is 6.04 Å². The minimum atomic E-state index is -0.463. The average Bonchev–Trinajstić information content (AvgIpc) is 3.29. The molecule has 4 N–H and O–H groups in total. The van der Waals surface area contributed by atoms with Crippen LogP contribution < -0.4 is 16.4 Å². The fraction of sp³-hybridized carbons (Fsp3) is 0.364. The Kier molecular flexibility index (Phi) is 7.44. The summed E-state index contributed by atoms with van der Waals surface area (Å²) in [5.41, 5.74) is 7.69. The predicted molar refractivity (Wildman–Crippen MR) is 127 cm³/mol. The Morgan fingerprint density at radius 3 is 2.67 bits per heavy atom. The van der Waals surface area contributed by atoms with Crippen LogP contribution in [-0.4, -0.2) is 51.2 Å². The van der Waals surface area contributed by atoms with Gasteiger partial charge in [-0.15, -0.1) is 0 Å². The lowest BCUT2D eigenvalue weighted by Gasteiger charge is -2.23. The van der Waals surface area contributed by atoms with E-state index in [4.69, 9.17) is 33.7 Å². The molecule has 1 aromatic carbocycles. The number of imidazole rings is 1. The van der Waals surface area contributed by atoms with Crippen molar-refractivity contribution in [1.82, 2.24) is 24.8 Å². The largest absolute Gasteiger partial charge is 0.381 e. The maximum atomic E-state index is 12.9. The minimum absolute atomic E-state index is 0.176. The monoisotopic (exact) mass is 489 g/mol. The van der Waals surface area contributed by atoms with Gasteiger partial charge in [0, 0.05) is 53.8 Å². The molecule has 1 atom stereocenters. The van der Waals surface area contributed by atoms with Gasteiger partial charge in [-0.2, -0.15) is 4.98 Å². The van der Waals surface area contributed by atoms with Crippen molar-refractivity contribution in [2.45, 2.75) is 31.8 Å². The number of amides is 1. The maximum Gasteiger partial charge on any atom is 0.272 e. The second-order valence-electron chi connectivity index (χ2n) is 7.86. The molecule has 1 aliphatic heterocycles.